The molecule has 1 saturated carbocycles. The van der Waals surface area contributed by atoms with Crippen molar-refractivity contribution in [3.63, 3.8) is 0 Å². The minimum absolute atomic E-state index is 0.0782. The van der Waals surface area contributed by atoms with Crippen molar-refractivity contribution in [3.05, 3.63) is 0 Å². The molecule has 122 valence electrons. The van der Waals surface area contributed by atoms with Gasteiger partial charge in [-0.05, 0) is 43.9 Å². The van der Waals surface area contributed by atoms with Crippen molar-refractivity contribution in [1.29, 1.82) is 0 Å². The number of carbonyl (C=O) groups excluding carboxylic acids is 1. The highest BCUT2D eigenvalue weighted by Crippen LogP contribution is 2.24. The Balaban J connectivity index is 2.13. The van der Waals surface area contributed by atoms with E-state index in [4.69, 9.17) is 10.2 Å². The first-order valence-corrected chi connectivity index (χ1v) is 7.72. The number of aliphatic hydroxyl groups is 1. The number of carbonyl (C=O) groups is 2. The molecular formula is C15H28N2O4. The molecule has 0 aromatic carbocycles. The van der Waals surface area contributed by atoms with Crippen LogP contribution >= 0.6 is 0 Å². The van der Waals surface area contributed by atoms with Crippen molar-refractivity contribution in [2.75, 3.05) is 13.2 Å². The van der Waals surface area contributed by atoms with Crippen molar-refractivity contribution < 1.29 is 19.8 Å². The lowest BCUT2D eigenvalue weighted by Gasteiger charge is -2.27. The van der Waals surface area contributed by atoms with E-state index in [1.54, 1.807) is 0 Å². The van der Waals surface area contributed by atoms with Gasteiger partial charge in [-0.25, -0.2) is 4.79 Å². The minimum atomic E-state index is -0.732. The molecule has 0 aromatic rings. The predicted molar refractivity (Wildman–Crippen MR) is 80.0 cm³/mol. The van der Waals surface area contributed by atoms with Gasteiger partial charge in [-0.2, -0.15) is 0 Å². The van der Waals surface area contributed by atoms with Crippen LogP contribution in [0.15, 0.2) is 0 Å². The summed E-state index contributed by atoms with van der Waals surface area (Å²) in [6, 6.07) is -0.106. The summed E-state index contributed by atoms with van der Waals surface area (Å²) in [5, 5.41) is 23.8. The molecule has 4 N–H and O–H groups in total. The third kappa shape index (κ3) is 6.80. The first-order valence-electron chi connectivity index (χ1n) is 7.72. The Morgan fingerprint density at radius 3 is 2.33 bits per heavy atom. The fourth-order valence-corrected chi connectivity index (χ4v) is 2.57. The normalized spacial score (nSPS) is 22.6. The molecule has 6 heteroatoms. The Morgan fingerprint density at radius 2 is 1.81 bits per heavy atom. The highest BCUT2D eigenvalue weighted by Gasteiger charge is 2.26. The van der Waals surface area contributed by atoms with Crippen LogP contribution in [0.3, 0.4) is 0 Å². The van der Waals surface area contributed by atoms with E-state index in [1.807, 2.05) is 13.8 Å². The lowest BCUT2D eigenvalue weighted by atomic mass is 9.86. The zero-order valence-electron chi connectivity index (χ0n) is 13.0. The molecule has 0 aromatic heterocycles. The first-order chi connectivity index (χ1) is 9.84. The summed E-state index contributed by atoms with van der Waals surface area (Å²) in [6.07, 6.45) is 4.39. The lowest BCUT2D eigenvalue weighted by molar-refractivity contribution is -0.142. The van der Waals surface area contributed by atoms with Crippen LogP contribution < -0.4 is 10.6 Å². The number of urea groups is 1. The molecule has 0 unspecified atom stereocenters. The van der Waals surface area contributed by atoms with E-state index < -0.39 is 5.97 Å². The van der Waals surface area contributed by atoms with Gasteiger partial charge >= 0.3 is 12.0 Å². The van der Waals surface area contributed by atoms with Gasteiger partial charge in [0, 0.05) is 19.2 Å². The van der Waals surface area contributed by atoms with Crippen LogP contribution in [0.1, 0.15) is 52.4 Å². The molecule has 0 atom stereocenters. The summed E-state index contributed by atoms with van der Waals surface area (Å²) >= 11 is 0. The minimum Gasteiger partial charge on any atom is -0.481 e. The molecule has 0 bridgehead atoms. The molecular weight excluding hydrogens is 272 g/mol. The van der Waals surface area contributed by atoms with E-state index >= 15 is 0 Å². The molecule has 2 amide bonds. The monoisotopic (exact) mass is 300 g/mol. The standard InChI is InChI=1S/C15H28N2O4/c1-15(2,10-18)8-3-9-16-14(21)17-12-6-4-11(5-7-12)13(19)20/h11-12,18H,3-10H2,1-2H3,(H,19,20)(H2,16,17,21). The molecule has 0 spiro atoms. The van der Waals surface area contributed by atoms with E-state index in [-0.39, 0.29) is 30.0 Å². The summed E-state index contributed by atoms with van der Waals surface area (Å²) in [6.45, 7) is 4.72. The fraction of sp³-hybridized carbons (Fsp3) is 0.867. The topological polar surface area (TPSA) is 98.7 Å². The molecule has 1 rings (SSSR count). The fourth-order valence-electron chi connectivity index (χ4n) is 2.57. The van der Waals surface area contributed by atoms with E-state index in [0.29, 0.717) is 19.4 Å². The highest BCUT2D eigenvalue weighted by molar-refractivity contribution is 5.74. The van der Waals surface area contributed by atoms with Gasteiger partial charge < -0.3 is 20.8 Å². The smallest absolute Gasteiger partial charge is 0.315 e. The van der Waals surface area contributed by atoms with Crippen molar-refractivity contribution in [1.82, 2.24) is 10.6 Å². The van der Waals surface area contributed by atoms with E-state index in [2.05, 4.69) is 10.6 Å². The number of nitrogens with one attached hydrogen (secondary N) is 2. The van der Waals surface area contributed by atoms with E-state index in [1.165, 1.54) is 0 Å². The Morgan fingerprint density at radius 1 is 1.19 bits per heavy atom. The van der Waals surface area contributed by atoms with Gasteiger partial charge in [-0.3, -0.25) is 4.79 Å². The van der Waals surface area contributed by atoms with Crippen LogP contribution in [0.25, 0.3) is 0 Å². The largest absolute Gasteiger partial charge is 0.481 e. The van der Waals surface area contributed by atoms with Gasteiger partial charge in [0.05, 0.1) is 5.92 Å². The molecule has 1 fully saturated rings. The van der Waals surface area contributed by atoms with Gasteiger partial charge in [0.1, 0.15) is 0 Å². The van der Waals surface area contributed by atoms with Crippen molar-refractivity contribution >= 4 is 12.0 Å². The number of carboxylic acid groups (broad SMARTS) is 1. The molecule has 0 heterocycles. The Labute approximate surface area is 126 Å². The molecule has 1 aliphatic rings. The zero-order valence-corrected chi connectivity index (χ0v) is 13.0. The van der Waals surface area contributed by atoms with Crippen LogP contribution in [-0.4, -0.2) is 41.4 Å². The van der Waals surface area contributed by atoms with E-state index in [0.717, 1.165) is 25.7 Å². The Hall–Kier alpha value is -1.30. The molecule has 0 radical (unpaired) electrons. The molecule has 0 aliphatic heterocycles. The number of carboxylic acids is 1. The molecule has 0 saturated heterocycles. The van der Waals surface area contributed by atoms with Gasteiger partial charge in [0.15, 0.2) is 0 Å². The second-order valence-electron chi connectivity index (χ2n) is 6.71. The molecule has 21 heavy (non-hydrogen) atoms. The number of amides is 2. The zero-order chi connectivity index (χ0) is 15.9. The third-order valence-corrected chi connectivity index (χ3v) is 4.16. The third-order valence-electron chi connectivity index (χ3n) is 4.16. The van der Waals surface area contributed by atoms with Crippen LogP contribution in [0.5, 0.6) is 0 Å². The summed E-state index contributed by atoms with van der Waals surface area (Å²) in [4.78, 5) is 22.6. The maximum Gasteiger partial charge on any atom is 0.315 e. The Bertz CT molecular complexity index is 350. The van der Waals surface area contributed by atoms with E-state index in [9.17, 15) is 9.59 Å². The summed E-state index contributed by atoms with van der Waals surface area (Å²) in [5.41, 5.74) is -0.104. The van der Waals surface area contributed by atoms with Gasteiger partial charge in [-0.1, -0.05) is 13.8 Å². The average molecular weight is 300 g/mol. The summed E-state index contributed by atoms with van der Waals surface area (Å²) in [5.74, 6) is -0.990. The second-order valence-corrected chi connectivity index (χ2v) is 6.71. The number of aliphatic hydroxyl groups excluding tert-OH is 1. The molecule has 1 aliphatic carbocycles. The van der Waals surface area contributed by atoms with Crippen LogP contribution in [0, 0.1) is 11.3 Å². The maximum absolute atomic E-state index is 11.7. The van der Waals surface area contributed by atoms with Gasteiger partial charge in [0.2, 0.25) is 0 Å². The van der Waals surface area contributed by atoms with Crippen LogP contribution in [0.4, 0.5) is 4.79 Å². The first kappa shape index (κ1) is 17.8. The quantitative estimate of drug-likeness (QED) is 0.538. The summed E-state index contributed by atoms with van der Waals surface area (Å²) < 4.78 is 0. The number of hydrogen-bond donors (Lipinski definition) is 4. The van der Waals surface area contributed by atoms with Crippen LogP contribution in [-0.2, 0) is 4.79 Å². The highest BCUT2D eigenvalue weighted by atomic mass is 16.4. The average Bonchev–Trinajstić information content (AvgIpc) is 2.44. The lowest BCUT2D eigenvalue weighted by Crippen LogP contribution is -2.44. The molecule has 6 nitrogen and oxygen atoms in total. The van der Waals surface area contributed by atoms with Gasteiger partial charge in [0.25, 0.3) is 0 Å². The van der Waals surface area contributed by atoms with Crippen molar-refractivity contribution in [2.24, 2.45) is 11.3 Å². The van der Waals surface area contributed by atoms with Crippen molar-refractivity contribution in [2.45, 2.75) is 58.4 Å². The number of aliphatic carboxylic acids is 1. The van der Waals surface area contributed by atoms with Crippen molar-refractivity contribution in [3.8, 4) is 0 Å². The second kappa shape index (κ2) is 8.22. The summed E-state index contributed by atoms with van der Waals surface area (Å²) in [7, 11) is 0. The van der Waals surface area contributed by atoms with Crippen LogP contribution in [0.2, 0.25) is 0 Å². The predicted octanol–water partition coefficient (Wildman–Crippen LogP) is 1.73. The number of hydrogen-bond acceptors (Lipinski definition) is 3. The number of rotatable bonds is 7. The maximum atomic E-state index is 11.7. The SMILES string of the molecule is CC(C)(CO)CCCNC(=O)NC1CCC(C(=O)O)CC1. The Kier molecular flexibility index (Phi) is 6.95. The van der Waals surface area contributed by atoms with Gasteiger partial charge in [-0.15, -0.1) is 0 Å².